The van der Waals surface area contributed by atoms with E-state index in [4.69, 9.17) is 10.1 Å². The second-order valence-electron chi connectivity index (χ2n) is 8.89. The zero-order valence-corrected chi connectivity index (χ0v) is 18.2. The van der Waals surface area contributed by atoms with Gasteiger partial charge in [0.15, 0.2) is 0 Å². The molecule has 6 rings (SSSR count). The van der Waals surface area contributed by atoms with Crippen LogP contribution in [0.5, 0.6) is 0 Å². The van der Waals surface area contributed by atoms with Crippen molar-refractivity contribution in [2.24, 2.45) is 14.1 Å². The predicted octanol–water partition coefficient (Wildman–Crippen LogP) is 3.25. The number of carbonyl (C=O) groups is 1. The molecule has 0 N–H and O–H groups in total. The van der Waals surface area contributed by atoms with E-state index in [1.807, 2.05) is 50.0 Å². The average molecular weight is 416 g/mol. The predicted molar refractivity (Wildman–Crippen MR) is 117 cm³/mol. The fourth-order valence-corrected chi connectivity index (χ4v) is 4.83. The Balaban J connectivity index is 1.56. The van der Waals surface area contributed by atoms with Crippen LogP contribution >= 0.6 is 0 Å². The number of nitrogens with zero attached hydrogens (tertiary/aromatic N) is 7. The summed E-state index contributed by atoms with van der Waals surface area (Å²) in [7, 11) is 5.75. The molecule has 1 saturated carbocycles. The van der Waals surface area contributed by atoms with Gasteiger partial charge in [-0.1, -0.05) is 6.07 Å². The molecule has 158 valence electrons. The number of benzene rings is 1. The van der Waals surface area contributed by atoms with E-state index in [9.17, 15) is 4.79 Å². The molecule has 1 aromatic carbocycles. The summed E-state index contributed by atoms with van der Waals surface area (Å²) in [5.41, 5.74) is 6.16. The van der Waals surface area contributed by atoms with Crippen LogP contribution in [0.25, 0.3) is 33.4 Å². The van der Waals surface area contributed by atoms with E-state index in [2.05, 4.69) is 27.9 Å². The van der Waals surface area contributed by atoms with Gasteiger partial charge in [0.2, 0.25) is 5.91 Å². The Kier molecular flexibility index (Phi) is 3.73. The molecule has 2 aliphatic rings. The Bertz CT molecular complexity index is 1350. The maximum atomic E-state index is 12.7. The van der Waals surface area contributed by atoms with Crippen molar-refractivity contribution >= 4 is 16.8 Å². The lowest BCUT2D eigenvalue weighted by atomic mass is 10.0. The largest absolute Gasteiger partial charge is 0.338 e. The summed E-state index contributed by atoms with van der Waals surface area (Å²) in [6, 6.07) is 6.21. The van der Waals surface area contributed by atoms with Gasteiger partial charge in [0.1, 0.15) is 17.6 Å². The number of hydrogen-bond donors (Lipinski definition) is 0. The molecule has 1 amide bonds. The number of carbonyl (C=O) groups excluding carboxylic acids is 1. The molecule has 1 aliphatic heterocycles. The maximum Gasteiger partial charge on any atom is 0.245 e. The van der Waals surface area contributed by atoms with Crippen LogP contribution < -0.4 is 0 Å². The van der Waals surface area contributed by atoms with Gasteiger partial charge in [0.25, 0.3) is 0 Å². The maximum absolute atomic E-state index is 12.7. The second kappa shape index (κ2) is 6.29. The molecule has 4 aromatic rings. The second-order valence-corrected chi connectivity index (χ2v) is 8.89. The molecule has 4 heterocycles. The van der Waals surface area contributed by atoms with Crippen molar-refractivity contribution in [1.82, 2.24) is 34.0 Å². The minimum Gasteiger partial charge on any atom is -0.338 e. The van der Waals surface area contributed by atoms with Crippen LogP contribution in [0.4, 0.5) is 0 Å². The molecule has 0 radical (unpaired) electrons. The Labute approximate surface area is 180 Å². The molecule has 1 fully saturated rings. The van der Waals surface area contributed by atoms with Gasteiger partial charge in [-0.25, -0.2) is 4.98 Å². The normalized spacial score (nSPS) is 18.8. The standard InChI is InChI=1S/C23H25N7O/c1-13-23(31)27(2)12-19-21(25-22(30(13)19)14-5-6-14)15-7-8-18-17(9-15)20(26-29(18)4)16-10-24-28(3)11-16/h7-11,13-14H,5-6,12H2,1-4H3. The number of fused-ring (bicyclic) bond motifs is 2. The topological polar surface area (TPSA) is 73.8 Å². The summed E-state index contributed by atoms with van der Waals surface area (Å²) in [6.45, 7) is 2.57. The van der Waals surface area contributed by atoms with Crippen molar-refractivity contribution in [3.05, 3.63) is 42.1 Å². The number of imidazole rings is 1. The summed E-state index contributed by atoms with van der Waals surface area (Å²) >= 11 is 0. The van der Waals surface area contributed by atoms with Crippen LogP contribution in [-0.4, -0.2) is 47.0 Å². The lowest BCUT2D eigenvalue weighted by Gasteiger charge is -2.31. The molecule has 0 spiro atoms. The monoisotopic (exact) mass is 415 g/mol. The molecule has 0 bridgehead atoms. The smallest absolute Gasteiger partial charge is 0.245 e. The SMILES string of the molecule is CC1C(=O)N(C)Cc2c(-c3ccc4c(c3)c(-c3cnn(C)c3)nn4C)nc(C3CC3)n21. The minimum absolute atomic E-state index is 0.153. The summed E-state index contributed by atoms with van der Waals surface area (Å²) < 4.78 is 5.90. The van der Waals surface area contributed by atoms with Crippen LogP contribution in [0, 0.1) is 0 Å². The number of likely N-dealkylation sites (N-methyl/N-ethyl adjacent to an activating group) is 1. The molecular formula is C23H25N7O. The van der Waals surface area contributed by atoms with Gasteiger partial charge in [0.05, 0.1) is 29.6 Å². The van der Waals surface area contributed by atoms with Crippen LogP contribution in [0.3, 0.4) is 0 Å². The molecule has 1 unspecified atom stereocenters. The summed E-state index contributed by atoms with van der Waals surface area (Å²) in [5.74, 6) is 1.69. The molecule has 8 nitrogen and oxygen atoms in total. The third-order valence-electron chi connectivity index (χ3n) is 6.59. The molecule has 31 heavy (non-hydrogen) atoms. The van der Waals surface area contributed by atoms with Crippen LogP contribution in [0.1, 0.15) is 43.2 Å². The first-order valence-electron chi connectivity index (χ1n) is 10.7. The van der Waals surface area contributed by atoms with Crippen LogP contribution in [0.15, 0.2) is 30.6 Å². The van der Waals surface area contributed by atoms with Gasteiger partial charge in [0, 0.05) is 49.8 Å². The number of amides is 1. The lowest BCUT2D eigenvalue weighted by Crippen LogP contribution is -2.39. The van der Waals surface area contributed by atoms with E-state index in [1.54, 1.807) is 4.68 Å². The highest BCUT2D eigenvalue weighted by Gasteiger charge is 2.38. The fourth-order valence-electron chi connectivity index (χ4n) is 4.83. The molecule has 1 aliphatic carbocycles. The highest BCUT2D eigenvalue weighted by atomic mass is 16.2. The van der Waals surface area contributed by atoms with Crippen molar-refractivity contribution in [2.45, 2.75) is 38.3 Å². The van der Waals surface area contributed by atoms with E-state index in [0.717, 1.165) is 57.8 Å². The molecule has 8 heteroatoms. The highest BCUT2D eigenvalue weighted by Crippen LogP contribution is 2.44. The van der Waals surface area contributed by atoms with E-state index in [0.29, 0.717) is 12.5 Å². The van der Waals surface area contributed by atoms with Gasteiger partial charge in [-0.15, -0.1) is 0 Å². The third kappa shape index (κ3) is 2.67. The Morgan fingerprint density at radius 2 is 1.87 bits per heavy atom. The first-order valence-corrected chi connectivity index (χ1v) is 10.7. The first kappa shape index (κ1) is 18.4. The van der Waals surface area contributed by atoms with E-state index < -0.39 is 0 Å². The quantitative estimate of drug-likeness (QED) is 0.515. The molecule has 1 atom stereocenters. The number of rotatable bonds is 3. The Hall–Kier alpha value is -3.42. The summed E-state index contributed by atoms with van der Waals surface area (Å²) in [6.07, 6.45) is 6.14. The first-order chi connectivity index (χ1) is 14.9. The molecule has 0 saturated heterocycles. The van der Waals surface area contributed by atoms with Crippen molar-refractivity contribution in [3.8, 4) is 22.5 Å². The van der Waals surface area contributed by atoms with Crippen LogP contribution in [0.2, 0.25) is 0 Å². The summed E-state index contributed by atoms with van der Waals surface area (Å²) in [4.78, 5) is 19.6. The number of hydrogen-bond acceptors (Lipinski definition) is 4. The minimum atomic E-state index is -0.210. The van der Waals surface area contributed by atoms with E-state index in [1.165, 1.54) is 0 Å². The van der Waals surface area contributed by atoms with Crippen molar-refractivity contribution in [2.75, 3.05) is 7.05 Å². The van der Waals surface area contributed by atoms with Crippen molar-refractivity contribution < 1.29 is 4.79 Å². The Morgan fingerprint density at radius 3 is 2.58 bits per heavy atom. The molecular weight excluding hydrogens is 390 g/mol. The van der Waals surface area contributed by atoms with Crippen LogP contribution in [-0.2, 0) is 25.4 Å². The number of aryl methyl sites for hydroxylation is 2. The van der Waals surface area contributed by atoms with Gasteiger partial charge in [-0.3, -0.25) is 14.2 Å². The van der Waals surface area contributed by atoms with E-state index in [-0.39, 0.29) is 11.9 Å². The highest BCUT2D eigenvalue weighted by molar-refractivity contribution is 5.96. The third-order valence-corrected chi connectivity index (χ3v) is 6.59. The zero-order chi connectivity index (χ0) is 21.4. The van der Waals surface area contributed by atoms with E-state index >= 15 is 0 Å². The molecule has 3 aromatic heterocycles. The van der Waals surface area contributed by atoms with Gasteiger partial charge >= 0.3 is 0 Å². The zero-order valence-electron chi connectivity index (χ0n) is 18.2. The lowest BCUT2D eigenvalue weighted by molar-refractivity contribution is -0.135. The van der Waals surface area contributed by atoms with Crippen molar-refractivity contribution in [1.29, 1.82) is 0 Å². The Morgan fingerprint density at radius 1 is 1.06 bits per heavy atom. The summed E-state index contributed by atoms with van der Waals surface area (Å²) in [5, 5.41) is 10.2. The fraction of sp³-hybridized carbons (Fsp3) is 0.391. The number of aromatic nitrogens is 6. The van der Waals surface area contributed by atoms with Gasteiger partial charge in [-0.05, 0) is 31.9 Å². The average Bonchev–Trinajstić information content (AvgIpc) is 3.27. The van der Waals surface area contributed by atoms with Gasteiger partial charge < -0.3 is 9.47 Å². The van der Waals surface area contributed by atoms with Gasteiger partial charge in [-0.2, -0.15) is 10.2 Å². The van der Waals surface area contributed by atoms with Crippen molar-refractivity contribution in [3.63, 3.8) is 0 Å².